The number of carbonyl (C=O) groups is 1. The van der Waals surface area contributed by atoms with E-state index in [0.29, 0.717) is 18.5 Å². The molecule has 0 radical (unpaired) electrons. The molecular weight excluding hydrogens is 302 g/mol. The van der Waals surface area contributed by atoms with Gasteiger partial charge in [-0.1, -0.05) is 30.3 Å². The second kappa shape index (κ2) is 8.10. The summed E-state index contributed by atoms with van der Waals surface area (Å²) in [4.78, 5) is 18.5. The Morgan fingerprint density at radius 2 is 1.96 bits per heavy atom. The first kappa shape index (κ1) is 17.4. The van der Waals surface area contributed by atoms with Crippen molar-refractivity contribution in [1.29, 1.82) is 0 Å². The van der Waals surface area contributed by atoms with E-state index >= 15 is 0 Å². The van der Waals surface area contributed by atoms with Crippen molar-refractivity contribution in [2.24, 2.45) is 0 Å². The highest BCUT2D eigenvalue weighted by Gasteiger charge is 2.27. The third kappa shape index (κ3) is 4.35. The molecular formula is C19H29N3O2. The normalized spacial score (nSPS) is 24.5. The van der Waals surface area contributed by atoms with Crippen molar-refractivity contribution >= 4 is 5.91 Å². The average Bonchev–Trinajstić information content (AvgIpc) is 3.01. The molecule has 0 aromatic heterocycles. The lowest BCUT2D eigenvalue weighted by atomic mass is 10.1. The summed E-state index contributed by atoms with van der Waals surface area (Å²) in [6.07, 6.45) is 1.31. The third-order valence-corrected chi connectivity index (χ3v) is 5.30. The molecule has 1 amide bonds. The van der Waals surface area contributed by atoms with Crippen LogP contribution in [0.5, 0.6) is 0 Å². The van der Waals surface area contributed by atoms with Gasteiger partial charge in [-0.25, -0.2) is 0 Å². The first-order valence-corrected chi connectivity index (χ1v) is 9.10. The van der Waals surface area contributed by atoms with E-state index in [4.69, 9.17) is 0 Å². The van der Waals surface area contributed by atoms with Crippen LogP contribution in [-0.2, 0) is 4.79 Å². The van der Waals surface area contributed by atoms with Crippen molar-refractivity contribution in [3.63, 3.8) is 0 Å². The highest BCUT2D eigenvalue weighted by Crippen LogP contribution is 2.18. The third-order valence-electron chi connectivity index (χ3n) is 5.30. The standard InChI is InChI=1S/C19H29N3O2/c1-16-14-20(10-12-21-9-5-8-19(21)24)11-13-22(16)15-18(23)17-6-3-2-4-7-17/h2-4,6-7,16,18,23H,5,8-15H2,1H3/t16-,18+/m0/s1. The van der Waals surface area contributed by atoms with Gasteiger partial charge in [0.25, 0.3) is 0 Å². The van der Waals surface area contributed by atoms with Crippen LogP contribution in [0.2, 0.25) is 0 Å². The first-order valence-electron chi connectivity index (χ1n) is 9.10. The summed E-state index contributed by atoms with van der Waals surface area (Å²) < 4.78 is 0. The summed E-state index contributed by atoms with van der Waals surface area (Å²) in [7, 11) is 0. The summed E-state index contributed by atoms with van der Waals surface area (Å²) in [5.74, 6) is 0.313. The molecule has 5 nitrogen and oxygen atoms in total. The molecule has 1 N–H and O–H groups in total. The Morgan fingerprint density at radius 1 is 1.17 bits per heavy atom. The first-order chi connectivity index (χ1) is 11.6. The monoisotopic (exact) mass is 331 g/mol. The number of benzene rings is 1. The average molecular weight is 331 g/mol. The molecule has 2 aliphatic rings. The van der Waals surface area contributed by atoms with Gasteiger partial charge in [0.1, 0.15) is 0 Å². The zero-order chi connectivity index (χ0) is 16.9. The highest BCUT2D eigenvalue weighted by atomic mass is 16.3. The smallest absolute Gasteiger partial charge is 0.222 e. The van der Waals surface area contributed by atoms with E-state index < -0.39 is 6.10 Å². The van der Waals surface area contributed by atoms with Gasteiger partial charge < -0.3 is 10.0 Å². The van der Waals surface area contributed by atoms with Crippen LogP contribution in [0, 0.1) is 0 Å². The molecule has 2 saturated heterocycles. The van der Waals surface area contributed by atoms with Crippen LogP contribution in [0.15, 0.2) is 30.3 Å². The van der Waals surface area contributed by atoms with Crippen LogP contribution in [-0.4, -0.2) is 77.6 Å². The van der Waals surface area contributed by atoms with Gasteiger partial charge in [0.2, 0.25) is 5.91 Å². The number of likely N-dealkylation sites (tertiary alicyclic amines) is 1. The van der Waals surface area contributed by atoms with Crippen LogP contribution in [0.1, 0.15) is 31.4 Å². The van der Waals surface area contributed by atoms with Crippen LogP contribution in [0.3, 0.4) is 0 Å². The molecule has 1 aromatic carbocycles. The molecule has 3 rings (SSSR count). The number of aliphatic hydroxyl groups excluding tert-OH is 1. The maximum Gasteiger partial charge on any atom is 0.222 e. The van der Waals surface area contributed by atoms with Gasteiger partial charge in [0, 0.05) is 58.3 Å². The van der Waals surface area contributed by atoms with Gasteiger partial charge in [-0.2, -0.15) is 0 Å². The number of piperazine rings is 1. The molecule has 0 spiro atoms. The van der Waals surface area contributed by atoms with Crippen LogP contribution in [0.25, 0.3) is 0 Å². The van der Waals surface area contributed by atoms with Crippen molar-refractivity contribution in [1.82, 2.24) is 14.7 Å². The van der Waals surface area contributed by atoms with Crippen molar-refractivity contribution in [3.05, 3.63) is 35.9 Å². The number of β-amino-alcohol motifs (C(OH)–C–C–N with tert-alkyl or cyclic N) is 1. The number of amides is 1. The van der Waals surface area contributed by atoms with Crippen LogP contribution >= 0.6 is 0 Å². The Balaban J connectivity index is 1.44. The molecule has 24 heavy (non-hydrogen) atoms. The Morgan fingerprint density at radius 3 is 2.62 bits per heavy atom. The van der Waals surface area contributed by atoms with E-state index in [1.165, 1.54) is 0 Å². The van der Waals surface area contributed by atoms with Crippen LogP contribution < -0.4 is 0 Å². The second-order valence-corrected chi connectivity index (χ2v) is 7.06. The van der Waals surface area contributed by atoms with Gasteiger partial charge in [-0.3, -0.25) is 14.6 Å². The van der Waals surface area contributed by atoms with E-state index in [-0.39, 0.29) is 0 Å². The molecule has 2 atom stereocenters. The Hall–Kier alpha value is -1.43. The molecule has 1 aromatic rings. The van der Waals surface area contributed by atoms with Gasteiger partial charge in [0.15, 0.2) is 0 Å². The van der Waals surface area contributed by atoms with Gasteiger partial charge >= 0.3 is 0 Å². The Bertz CT molecular complexity index is 537. The predicted octanol–water partition coefficient (Wildman–Crippen LogP) is 1.35. The second-order valence-electron chi connectivity index (χ2n) is 7.06. The fourth-order valence-electron chi connectivity index (χ4n) is 3.75. The number of nitrogens with zero attached hydrogens (tertiary/aromatic N) is 3. The Labute approximate surface area is 144 Å². The number of hydrogen-bond donors (Lipinski definition) is 1. The molecule has 0 saturated carbocycles. The van der Waals surface area contributed by atoms with Crippen molar-refractivity contribution < 1.29 is 9.90 Å². The maximum absolute atomic E-state index is 11.7. The largest absolute Gasteiger partial charge is 0.387 e. The Kier molecular flexibility index (Phi) is 5.87. The quantitative estimate of drug-likeness (QED) is 0.855. The van der Waals surface area contributed by atoms with Gasteiger partial charge in [-0.15, -0.1) is 0 Å². The molecule has 2 fully saturated rings. The molecule has 0 unspecified atom stereocenters. The fourth-order valence-corrected chi connectivity index (χ4v) is 3.75. The van der Waals surface area contributed by atoms with E-state index in [1.54, 1.807) is 0 Å². The summed E-state index contributed by atoms with van der Waals surface area (Å²) in [6.45, 7) is 8.64. The number of hydrogen-bond acceptors (Lipinski definition) is 4. The lowest BCUT2D eigenvalue weighted by Gasteiger charge is -2.41. The zero-order valence-electron chi connectivity index (χ0n) is 14.6. The van der Waals surface area contributed by atoms with E-state index in [0.717, 1.165) is 57.7 Å². The maximum atomic E-state index is 11.7. The summed E-state index contributed by atoms with van der Waals surface area (Å²) >= 11 is 0. The molecule has 0 aliphatic carbocycles. The minimum Gasteiger partial charge on any atom is -0.387 e. The topological polar surface area (TPSA) is 47.0 Å². The van der Waals surface area contributed by atoms with Gasteiger partial charge in [0.05, 0.1) is 6.10 Å². The summed E-state index contributed by atoms with van der Waals surface area (Å²) in [5.41, 5.74) is 0.986. The van der Waals surface area contributed by atoms with Crippen molar-refractivity contribution in [2.75, 3.05) is 45.8 Å². The van der Waals surface area contributed by atoms with Crippen LogP contribution in [0.4, 0.5) is 0 Å². The summed E-state index contributed by atoms with van der Waals surface area (Å²) in [5, 5.41) is 10.4. The van der Waals surface area contributed by atoms with Crippen molar-refractivity contribution in [2.45, 2.75) is 31.9 Å². The molecule has 2 aliphatic heterocycles. The van der Waals surface area contributed by atoms with Crippen molar-refractivity contribution in [3.8, 4) is 0 Å². The molecule has 0 bridgehead atoms. The van der Waals surface area contributed by atoms with E-state index in [1.807, 2.05) is 35.2 Å². The number of carbonyl (C=O) groups excluding carboxylic acids is 1. The van der Waals surface area contributed by atoms with E-state index in [9.17, 15) is 9.90 Å². The number of rotatable bonds is 6. The SMILES string of the molecule is C[C@H]1CN(CCN2CCCC2=O)CCN1C[C@@H](O)c1ccccc1. The minimum absolute atomic E-state index is 0.313. The summed E-state index contributed by atoms with van der Waals surface area (Å²) in [6, 6.07) is 10.3. The fraction of sp³-hybridized carbons (Fsp3) is 0.632. The molecule has 5 heteroatoms. The predicted molar refractivity (Wildman–Crippen MR) is 94.7 cm³/mol. The zero-order valence-corrected chi connectivity index (χ0v) is 14.6. The number of aliphatic hydroxyl groups is 1. The molecule has 2 heterocycles. The molecule has 132 valence electrons. The van der Waals surface area contributed by atoms with E-state index in [2.05, 4.69) is 16.7 Å². The lowest BCUT2D eigenvalue weighted by Crippen LogP contribution is -2.54. The minimum atomic E-state index is -0.428. The highest BCUT2D eigenvalue weighted by molar-refractivity contribution is 5.78. The lowest BCUT2D eigenvalue weighted by molar-refractivity contribution is -0.127. The van der Waals surface area contributed by atoms with Gasteiger partial charge in [-0.05, 0) is 18.9 Å².